The third-order valence-electron chi connectivity index (χ3n) is 7.47. The minimum Gasteiger partial charge on any atom is -0.494 e. The molecule has 0 unspecified atom stereocenters. The van der Waals surface area contributed by atoms with E-state index in [0.717, 1.165) is 30.0 Å². The molecule has 0 spiro atoms. The number of benzene rings is 3. The second kappa shape index (κ2) is 14.8. The lowest BCUT2D eigenvalue weighted by molar-refractivity contribution is -0.140. The van der Waals surface area contributed by atoms with Crippen molar-refractivity contribution in [1.82, 2.24) is 10.2 Å². The minimum atomic E-state index is -4.20. The van der Waals surface area contributed by atoms with Crippen LogP contribution in [0, 0.1) is 5.82 Å². The number of halogens is 2. The van der Waals surface area contributed by atoms with Crippen molar-refractivity contribution in [3.05, 3.63) is 88.6 Å². The predicted molar refractivity (Wildman–Crippen MR) is 168 cm³/mol. The van der Waals surface area contributed by atoms with Crippen LogP contribution >= 0.6 is 15.9 Å². The summed E-state index contributed by atoms with van der Waals surface area (Å²) in [5.74, 6) is -0.707. The molecule has 0 aliphatic heterocycles. The maximum atomic E-state index is 14.2. The number of hydrogen-bond donors (Lipinski definition) is 1. The maximum absolute atomic E-state index is 14.2. The Balaban J connectivity index is 1.71. The van der Waals surface area contributed by atoms with E-state index >= 15 is 0 Å². The van der Waals surface area contributed by atoms with E-state index in [4.69, 9.17) is 4.74 Å². The Morgan fingerprint density at radius 2 is 1.60 bits per heavy atom. The number of sulfonamides is 1. The second-order valence-corrected chi connectivity index (χ2v) is 13.2. The van der Waals surface area contributed by atoms with Crippen molar-refractivity contribution in [3.8, 4) is 5.75 Å². The lowest BCUT2D eigenvalue weighted by Crippen LogP contribution is -2.53. The molecule has 3 aromatic carbocycles. The molecule has 230 valence electrons. The molecule has 0 saturated heterocycles. The Hall–Kier alpha value is -3.44. The van der Waals surface area contributed by atoms with Crippen LogP contribution in [-0.2, 0) is 26.2 Å². The second-order valence-electron chi connectivity index (χ2n) is 10.5. The van der Waals surface area contributed by atoms with Crippen molar-refractivity contribution in [2.24, 2.45) is 0 Å². The van der Waals surface area contributed by atoms with Crippen LogP contribution in [-0.4, -0.2) is 50.4 Å². The average molecular weight is 675 g/mol. The number of anilines is 1. The highest BCUT2D eigenvalue weighted by molar-refractivity contribution is 9.10. The van der Waals surface area contributed by atoms with E-state index < -0.39 is 34.3 Å². The van der Waals surface area contributed by atoms with Gasteiger partial charge in [0.25, 0.3) is 10.0 Å². The summed E-state index contributed by atoms with van der Waals surface area (Å²) in [6, 6.07) is 17.5. The van der Waals surface area contributed by atoms with Crippen LogP contribution in [0.15, 0.2) is 82.2 Å². The fourth-order valence-electron chi connectivity index (χ4n) is 5.21. The number of nitrogens with zero attached hydrogens (tertiary/aromatic N) is 2. The van der Waals surface area contributed by atoms with Gasteiger partial charge in [-0.1, -0.05) is 47.8 Å². The summed E-state index contributed by atoms with van der Waals surface area (Å²) in [4.78, 5) is 29.1. The van der Waals surface area contributed by atoms with Crippen LogP contribution in [0.2, 0.25) is 0 Å². The molecule has 1 aliphatic carbocycles. The van der Waals surface area contributed by atoms with Gasteiger partial charge in [0.05, 0.1) is 17.2 Å². The summed E-state index contributed by atoms with van der Waals surface area (Å²) < 4.78 is 49.0. The Morgan fingerprint density at radius 1 is 0.977 bits per heavy atom. The Kier molecular flexibility index (Phi) is 11.2. The summed E-state index contributed by atoms with van der Waals surface area (Å²) >= 11 is 3.34. The minimum absolute atomic E-state index is 0.00511. The molecule has 4 rings (SSSR count). The molecule has 0 aromatic heterocycles. The molecule has 1 N–H and O–H groups in total. The number of nitrogens with one attached hydrogen (secondary N) is 1. The number of carbonyl (C=O) groups excluding carboxylic acids is 2. The highest BCUT2D eigenvalue weighted by Crippen LogP contribution is 2.28. The van der Waals surface area contributed by atoms with E-state index in [2.05, 4.69) is 21.2 Å². The first-order valence-electron chi connectivity index (χ1n) is 14.5. The van der Waals surface area contributed by atoms with Crippen LogP contribution in [0.5, 0.6) is 5.75 Å². The molecular weight excluding hydrogens is 637 g/mol. The van der Waals surface area contributed by atoms with Gasteiger partial charge in [-0.25, -0.2) is 12.8 Å². The number of ether oxygens (including phenoxy) is 1. The molecule has 1 saturated carbocycles. The molecule has 0 heterocycles. The van der Waals surface area contributed by atoms with E-state index in [1.54, 1.807) is 48.5 Å². The molecule has 3 aromatic rings. The van der Waals surface area contributed by atoms with E-state index in [1.165, 1.54) is 29.2 Å². The molecule has 8 nitrogen and oxygen atoms in total. The van der Waals surface area contributed by atoms with Crippen molar-refractivity contribution < 1.29 is 27.1 Å². The van der Waals surface area contributed by atoms with Crippen molar-refractivity contribution in [2.45, 2.75) is 69.5 Å². The summed E-state index contributed by atoms with van der Waals surface area (Å²) in [7, 11) is -4.20. The first-order chi connectivity index (χ1) is 20.6. The highest BCUT2D eigenvalue weighted by Gasteiger charge is 2.34. The smallest absolute Gasteiger partial charge is 0.264 e. The summed E-state index contributed by atoms with van der Waals surface area (Å²) in [5, 5.41) is 3.08. The number of carbonyl (C=O) groups is 2. The third-order valence-corrected chi connectivity index (χ3v) is 9.79. The molecular formula is C32H37BrFN3O5S. The molecule has 2 amide bonds. The molecule has 43 heavy (non-hydrogen) atoms. The third kappa shape index (κ3) is 8.35. The summed E-state index contributed by atoms with van der Waals surface area (Å²) in [6.07, 6.45) is 4.14. The molecule has 0 bridgehead atoms. The Morgan fingerprint density at radius 3 is 2.19 bits per heavy atom. The zero-order valence-electron chi connectivity index (χ0n) is 24.3. The number of amides is 2. The van der Waals surface area contributed by atoms with Gasteiger partial charge < -0.3 is 15.0 Å². The van der Waals surface area contributed by atoms with Crippen molar-refractivity contribution in [1.29, 1.82) is 0 Å². The van der Waals surface area contributed by atoms with E-state index in [0.29, 0.717) is 28.8 Å². The van der Waals surface area contributed by atoms with E-state index in [9.17, 15) is 22.4 Å². The first kappa shape index (κ1) is 32.5. The molecule has 11 heteroatoms. The topological polar surface area (TPSA) is 96.0 Å². The van der Waals surface area contributed by atoms with Gasteiger partial charge in [-0.3, -0.25) is 13.9 Å². The van der Waals surface area contributed by atoms with Crippen LogP contribution in [0.25, 0.3) is 0 Å². The maximum Gasteiger partial charge on any atom is 0.264 e. The van der Waals surface area contributed by atoms with Gasteiger partial charge in [-0.2, -0.15) is 0 Å². The van der Waals surface area contributed by atoms with Gasteiger partial charge >= 0.3 is 0 Å². The predicted octanol–water partition coefficient (Wildman–Crippen LogP) is 6.05. The highest BCUT2D eigenvalue weighted by atomic mass is 79.9. The van der Waals surface area contributed by atoms with Crippen molar-refractivity contribution in [2.75, 3.05) is 17.5 Å². The van der Waals surface area contributed by atoms with Crippen LogP contribution in [0.3, 0.4) is 0 Å². The molecule has 1 aliphatic rings. The van der Waals surface area contributed by atoms with Gasteiger partial charge in [-0.05, 0) is 92.4 Å². The number of rotatable bonds is 13. The Labute approximate surface area is 261 Å². The molecule has 1 atom stereocenters. The number of hydrogen-bond acceptors (Lipinski definition) is 5. The molecule has 0 radical (unpaired) electrons. The largest absolute Gasteiger partial charge is 0.494 e. The van der Waals surface area contributed by atoms with Gasteiger partial charge in [-0.15, -0.1) is 0 Å². The van der Waals surface area contributed by atoms with Gasteiger partial charge in [0, 0.05) is 17.1 Å². The zero-order valence-corrected chi connectivity index (χ0v) is 26.7. The average Bonchev–Trinajstić information content (AvgIpc) is 3.50. The quantitative estimate of drug-likeness (QED) is 0.238. The fraction of sp³-hybridized carbons (Fsp3) is 0.375. The van der Waals surface area contributed by atoms with Crippen molar-refractivity contribution in [3.63, 3.8) is 0 Å². The van der Waals surface area contributed by atoms with Crippen LogP contribution in [0.1, 0.15) is 51.5 Å². The Bertz CT molecular complexity index is 1480. The first-order valence-corrected chi connectivity index (χ1v) is 16.7. The summed E-state index contributed by atoms with van der Waals surface area (Å²) in [5.41, 5.74) is 0.884. The molecule has 1 fully saturated rings. The fourth-order valence-corrected chi connectivity index (χ4v) is 6.89. The lowest BCUT2D eigenvalue weighted by Gasteiger charge is -2.33. The van der Waals surface area contributed by atoms with E-state index in [-0.39, 0.29) is 29.1 Å². The van der Waals surface area contributed by atoms with Crippen LogP contribution < -0.4 is 14.4 Å². The van der Waals surface area contributed by atoms with Crippen molar-refractivity contribution >= 4 is 43.5 Å². The summed E-state index contributed by atoms with van der Waals surface area (Å²) in [6.45, 7) is 3.55. The standard InChI is InChI=1S/C32H37BrFN3O5S/c1-3-30(32(39)35-26-7-5-6-8-26)36(21-23-9-13-25(34)14-10-23)31(38)22-37(27-15-17-28(18-16-27)42-4-2)43(40,41)29-19-11-24(33)12-20-29/h9-20,26,30H,3-8,21-22H2,1-2H3,(H,35,39)/t30-/m1/s1. The van der Waals surface area contributed by atoms with Gasteiger partial charge in [0.1, 0.15) is 24.2 Å². The van der Waals surface area contributed by atoms with Crippen LogP contribution in [0.4, 0.5) is 10.1 Å². The SMILES string of the molecule is CCOc1ccc(N(CC(=O)N(Cc2ccc(F)cc2)[C@H](CC)C(=O)NC2CCCC2)S(=O)(=O)c2ccc(Br)cc2)cc1. The monoisotopic (exact) mass is 673 g/mol. The normalized spacial score (nSPS) is 14.2. The van der Waals surface area contributed by atoms with Gasteiger partial charge in [0.15, 0.2) is 0 Å². The van der Waals surface area contributed by atoms with Gasteiger partial charge in [0.2, 0.25) is 11.8 Å². The van der Waals surface area contributed by atoms with E-state index in [1.807, 2.05) is 13.8 Å². The zero-order chi connectivity index (χ0) is 31.0. The lowest BCUT2D eigenvalue weighted by atomic mass is 10.1.